The first kappa shape index (κ1) is 12.9. The zero-order valence-corrected chi connectivity index (χ0v) is 8.16. The van der Waals surface area contributed by atoms with E-state index in [0.29, 0.717) is 0 Å². The molecule has 0 aliphatic heterocycles. The van der Waals surface area contributed by atoms with Crippen LogP contribution in [-0.4, -0.2) is 24.4 Å². The van der Waals surface area contributed by atoms with Crippen molar-refractivity contribution in [3.63, 3.8) is 0 Å². The van der Waals surface area contributed by atoms with E-state index in [0.717, 1.165) is 0 Å². The molecule has 1 amide bonds. The van der Waals surface area contributed by atoms with E-state index in [1.54, 1.807) is 20.8 Å². The average molecular weight is 211 g/mol. The molecule has 14 heavy (non-hydrogen) atoms. The van der Waals surface area contributed by atoms with E-state index in [-0.39, 0.29) is 0 Å². The minimum atomic E-state index is -4.93. The van der Waals surface area contributed by atoms with E-state index in [2.05, 4.69) is 0 Å². The Morgan fingerprint density at radius 1 is 1.14 bits per heavy atom. The molecule has 0 radical (unpaired) electrons. The van der Waals surface area contributed by atoms with E-state index >= 15 is 0 Å². The molecule has 1 N–H and O–H groups in total. The van der Waals surface area contributed by atoms with Gasteiger partial charge in [-0.15, -0.1) is 0 Å². The van der Waals surface area contributed by atoms with E-state index < -0.39 is 29.8 Å². The highest BCUT2D eigenvalue weighted by Gasteiger charge is 2.39. The molecule has 0 atom stereocenters. The summed E-state index contributed by atoms with van der Waals surface area (Å²) in [6.45, 7) is 4.10. The normalized spacial score (nSPS) is 12.4. The second-order valence-corrected chi connectivity index (χ2v) is 3.85. The summed E-state index contributed by atoms with van der Waals surface area (Å²) in [5, 5.41) is 1.52. The molecular formula is C8H12F3NO2. The number of carbonyl (C=O) groups excluding carboxylic acids is 2. The van der Waals surface area contributed by atoms with Crippen LogP contribution in [-0.2, 0) is 9.59 Å². The van der Waals surface area contributed by atoms with Crippen LogP contribution in [0, 0.1) is 5.41 Å². The van der Waals surface area contributed by atoms with Crippen LogP contribution >= 0.6 is 0 Å². The van der Waals surface area contributed by atoms with Gasteiger partial charge in [-0.05, 0) is 0 Å². The summed E-state index contributed by atoms with van der Waals surface area (Å²) < 4.78 is 35.0. The molecule has 0 spiro atoms. The van der Waals surface area contributed by atoms with Crippen molar-refractivity contribution in [1.82, 2.24) is 5.32 Å². The first-order valence-electron chi connectivity index (χ1n) is 3.93. The van der Waals surface area contributed by atoms with Crippen LogP contribution in [0.4, 0.5) is 13.2 Å². The van der Waals surface area contributed by atoms with Crippen molar-refractivity contribution in [2.24, 2.45) is 5.41 Å². The molecule has 6 heteroatoms. The summed E-state index contributed by atoms with van der Waals surface area (Å²) in [5.74, 6) is -2.54. The maximum Gasteiger partial charge on any atom is 0.471 e. The van der Waals surface area contributed by atoms with Crippen LogP contribution in [0.2, 0.25) is 0 Å². The third-order valence-corrected chi connectivity index (χ3v) is 1.50. The summed E-state index contributed by atoms with van der Waals surface area (Å²) in [7, 11) is 0. The van der Waals surface area contributed by atoms with E-state index in [1.165, 1.54) is 5.32 Å². The second kappa shape index (κ2) is 3.98. The Morgan fingerprint density at radius 3 is 1.86 bits per heavy atom. The molecule has 0 aliphatic carbocycles. The Kier molecular flexibility index (Phi) is 3.67. The van der Waals surface area contributed by atoms with Gasteiger partial charge in [-0.2, -0.15) is 13.2 Å². The molecule has 0 saturated carbocycles. The molecule has 0 heterocycles. The minimum Gasteiger partial charge on any atom is -0.341 e. The average Bonchev–Trinajstić information content (AvgIpc) is 1.95. The predicted molar refractivity (Wildman–Crippen MR) is 43.5 cm³/mol. The third-order valence-electron chi connectivity index (χ3n) is 1.50. The zero-order valence-electron chi connectivity index (χ0n) is 8.16. The summed E-state index contributed by atoms with van der Waals surface area (Å²) >= 11 is 0. The summed E-state index contributed by atoms with van der Waals surface area (Å²) in [6, 6.07) is 0. The Bertz CT molecular complexity index is 214. The lowest BCUT2D eigenvalue weighted by Gasteiger charge is -2.17. The van der Waals surface area contributed by atoms with Gasteiger partial charge < -0.3 is 5.32 Å². The van der Waals surface area contributed by atoms with Crippen molar-refractivity contribution in [2.75, 3.05) is 6.54 Å². The summed E-state index contributed by atoms with van der Waals surface area (Å²) in [5.41, 5.74) is -0.751. The molecule has 0 aromatic carbocycles. The molecule has 0 saturated heterocycles. The molecule has 0 aliphatic rings. The lowest BCUT2D eigenvalue weighted by molar-refractivity contribution is -0.173. The first-order valence-corrected chi connectivity index (χ1v) is 3.93. The van der Waals surface area contributed by atoms with Gasteiger partial charge in [0.05, 0.1) is 6.54 Å². The molecule has 0 fully saturated rings. The quantitative estimate of drug-likeness (QED) is 0.747. The van der Waals surface area contributed by atoms with Gasteiger partial charge in [0.25, 0.3) is 0 Å². The van der Waals surface area contributed by atoms with Crippen molar-refractivity contribution >= 4 is 11.7 Å². The number of halogens is 3. The minimum absolute atomic E-state index is 0.449. The van der Waals surface area contributed by atoms with Gasteiger partial charge in [0.15, 0.2) is 5.78 Å². The topological polar surface area (TPSA) is 46.2 Å². The largest absolute Gasteiger partial charge is 0.471 e. The number of hydrogen-bond donors (Lipinski definition) is 1. The maximum atomic E-state index is 11.7. The van der Waals surface area contributed by atoms with Gasteiger partial charge in [-0.1, -0.05) is 20.8 Å². The van der Waals surface area contributed by atoms with Crippen LogP contribution in [0.1, 0.15) is 20.8 Å². The van der Waals surface area contributed by atoms with Crippen molar-refractivity contribution in [1.29, 1.82) is 0 Å². The Labute approximate surface area is 79.7 Å². The molecule has 0 bridgehead atoms. The first-order chi connectivity index (χ1) is 6.05. The van der Waals surface area contributed by atoms with Crippen LogP contribution in [0.5, 0.6) is 0 Å². The predicted octanol–water partition coefficient (Wildman–Crippen LogP) is 1.28. The molecule has 82 valence electrons. The summed E-state index contributed by atoms with van der Waals surface area (Å²) in [4.78, 5) is 21.4. The van der Waals surface area contributed by atoms with Crippen LogP contribution in [0.15, 0.2) is 0 Å². The third kappa shape index (κ3) is 4.25. The fraction of sp³-hybridized carbons (Fsp3) is 0.750. The number of alkyl halides is 3. The second-order valence-electron chi connectivity index (χ2n) is 3.85. The zero-order chi connectivity index (χ0) is 11.6. The highest BCUT2D eigenvalue weighted by Crippen LogP contribution is 2.16. The molecule has 3 nitrogen and oxygen atoms in total. The lowest BCUT2D eigenvalue weighted by Crippen LogP contribution is -2.42. The standard InChI is InChI=1S/C8H12F3NO2/c1-7(2,3)5(13)4-12-6(14)8(9,10)11/h4H2,1-3H3,(H,12,14). The smallest absolute Gasteiger partial charge is 0.341 e. The van der Waals surface area contributed by atoms with Gasteiger partial charge in [0, 0.05) is 5.41 Å². The molecule has 0 aromatic rings. The monoisotopic (exact) mass is 211 g/mol. The fourth-order valence-corrected chi connectivity index (χ4v) is 0.526. The SMILES string of the molecule is CC(C)(C)C(=O)CNC(=O)C(F)(F)F. The van der Waals surface area contributed by atoms with Crippen molar-refractivity contribution < 1.29 is 22.8 Å². The number of hydrogen-bond acceptors (Lipinski definition) is 2. The van der Waals surface area contributed by atoms with E-state index in [1.807, 2.05) is 0 Å². The van der Waals surface area contributed by atoms with Gasteiger partial charge in [-0.3, -0.25) is 9.59 Å². The van der Waals surface area contributed by atoms with Gasteiger partial charge in [0.1, 0.15) is 0 Å². The fourth-order valence-electron chi connectivity index (χ4n) is 0.526. The highest BCUT2D eigenvalue weighted by atomic mass is 19.4. The Balaban J connectivity index is 4.10. The Hall–Kier alpha value is -1.07. The van der Waals surface area contributed by atoms with Crippen LogP contribution in [0.3, 0.4) is 0 Å². The number of amides is 1. The Morgan fingerprint density at radius 2 is 1.57 bits per heavy atom. The number of nitrogens with one attached hydrogen (secondary N) is 1. The number of Topliss-reactive ketones (excluding diaryl/α,β-unsaturated/α-hetero) is 1. The van der Waals surface area contributed by atoms with Crippen LogP contribution < -0.4 is 5.32 Å². The van der Waals surface area contributed by atoms with E-state index in [9.17, 15) is 22.8 Å². The van der Waals surface area contributed by atoms with Gasteiger partial charge in [0.2, 0.25) is 0 Å². The van der Waals surface area contributed by atoms with Crippen molar-refractivity contribution in [2.45, 2.75) is 26.9 Å². The van der Waals surface area contributed by atoms with Crippen LogP contribution in [0.25, 0.3) is 0 Å². The van der Waals surface area contributed by atoms with Crippen molar-refractivity contribution in [3.05, 3.63) is 0 Å². The molecular weight excluding hydrogens is 199 g/mol. The van der Waals surface area contributed by atoms with Gasteiger partial charge in [-0.25, -0.2) is 0 Å². The number of carbonyl (C=O) groups is 2. The number of ketones is 1. The molecule has 0 unspecified atom stereocenters. The van der Waals surface area contributed by atoms with Gasteiger partial charge >= 0.3 is 12.1 Å². The van der Waals surface area contributed by atoms with Crippen molar-refractivity contribution in [3.8, 4) is 0 Å². The maximum absolute atomic E-state index is 11.7. The molecule has 0 aromatic heterocycles. The molecule has 0 rings (SSSR count). The highest BCUT2D eigenvalue weighted by molar-refractivity contribution is 5.90. The lowest BCUT2D eigenvalue weighted by atomic mass is 9.91. The summed E-state index contributed by atoms with van der Waals surface area (Å²) in [6.07, 6.45) is -4.93. The number of rotatable bonds is 2. The van der Waals surface area contributed by atoms with E-state index in [4.69, 9.17) is 0 Å².